The average Bonchev–Trinajstić information content (AvgIpc) is 3.17. The van der Waals surface area contributed by atoms with E-state index in [1.807, 2.05) is 60.7 Å². The Bertz CT molecular complexity index is 1450. The summed E-state index contributed by atoms with van der Waals surface area (Å²) < 4.78 is 5.84. The number of hydrogen-bond acceptors (Lipinski definition) is 4. The fourth-order valence-corrected chi connectivity index (χ4v) is 4.08. The molecule has 0 aliphatic carbocycles. The number of carbonyl (C=O) groups excluding carboxylic acids is 2. The Morgan fingerprint density at radius 3 is 2.08 bits per heavy atom. The number of hydrogen-bond donors (Lipinski definition) is 0. The second-order valence-corrected chi connectivity index (χ2v) is 8.84. The van der Waals surface area contributed by atoms with Gasteiger partial charge in [0.1, 0.15) is 18.1 Å². The molecular weight excluding hydrogens is 472 g/mol. The van der Waals surface area contributed by atoms with Crippen molar-refractivity contribution in [2.75, 3.05) is 6.61 Å². The lowest BCUT2D eigenvalue weighted by molar-refractivity contribution is 0.0551. The quantitative estimate of drug-likeness (QED) is 0.258. The third-order valence-electron chi connectivity index (χ3n) is 5.89. The number of rotatable bonds is 5. The second-order valence-electron chi connectivity index (χ2n) is 8.40. The fourth-order valence-electron chi connectivity index (χ4n) is 3.95. The predicted molar refractivity (Wildman–Crippen MR) is 139 cm³/mol. The minimum Gasteiger partial charge on any atom is -0.491 e. The first-order valence-electron chi connectivity index (χ1n) is 11.4. The highest BCUT2D eigenvalue weighted by Crippen LogP contribution is 2.25. The van der Waals surface area contributed by atoms with Gasteiger partial charge in [-0.25, -0.2) is 4.98 Å². The van der Waals surface area contributed by atoms with E-state index >= 15 is 0 Å². The van der Waals surface area contributed by atoms with Gasteiger partial charge in [0.15, 0.2) is 0 Å². The molecule has 1 aromatic heterocycles. The van der Waals surface area contributed by atoms with E-state index in [2.05, 4.69) is 16.8 Å². The van der Waals surface area contributed by atoms with Crippen molar-refractivity contribution >= 4 is 23.4 Å². The largest absolute Gasteiger partial charge is 0.491 e. The maximum absolute atomic E-state index is 12.6. The number of ether oxygens (including phenoxy) is 1. The molecule has 0 spiro atoms. The van der Waals surface area contributed by atoms with E-state index in [0.717, 1.165) is 16.7 Å². The maximum Gasteiger partial charge on any atom is 0.261 e. The van der Waals surface area contributed by atoms with Crippen LogP contribution in [-0.4, -0.2) is 34.3 Å². The van der Waals surface area contributed by atoms with Crippen LogP contribution in [0.4, 0.5) is 0 Å². The van der Waals surface area contributed by atoms with Crippen molar-refractivity contribution in [2.24, 2.45) is 0 Å². The van der Waals surface area contributed by atoms with E-state index < -0.39 is 6.04 Å². The summed E-state index contributed by atoms with van der Waals surface area (Å²) in [6.45, 7) is 1.99. The third kappa shape index (κ3) is 4.86. The molecule has 1 aliphatic rings. The highest BCUT2D eigenvalue weighted by atomic mass is 35.5. The molecule has 0 saturated heterocycles. The average molecular weight is 493 g/mol. The number of aromatic nitrogens is 1. The molecule has 0 N–H and O–H groups in total. The lowest BCUT2D eigenvalue weighted by Crippen LogP contribution is -2.41. The summed E-state index contributed by atoms with van der Waals surface area (Å²) in [5.74, 6) is 6.24. The summed E-state index contributed by atoms with van der Waals surface area (Å²) in [4.78, 5) is 30.9. The molecule has 4 aromatic rings. The van der Waals surface area contributed by atoms with Gasteiger partial charge in [0, 0.05) is 22.3 Å². The van der Waals surface area contributed by atoms with Crippen molar-refractivity contribution in [2.45, 2.75) is 13.0 Å². The van der Waals surface area contributed by atoms with Gasteiger partial charge in [-0.3, -0.25) is 14.5 Å². The molecule has 5 rings (SSSR count). The monoisotopic (exact) mass is 492 g/mol. The van der Waals surface area contributed by atoms with Crippen LogP contribution in [0.5, 0.6) is 5.75 Å². The highest BCUT2D eigenvalue weighted by molar-refractivity contribution is 6.30. The standard InChI is InChI=1S/C30H21ClN2O3/c1-20(33-29(34)27-4-2-3-5-28(27)30(33)35)19-36-26-16-7-21(8-17-26)6-14-25-15-11-23(18-32-25)22-9-12-24(31)13-10-22/h2-5,7-13,15-18,20H,19H2,1H3. The molecule has 0 saturated carbocycles. The fraction of sp³-hybridized carbons (Fsp3) is 0.100. The minimum atomic E-state index is -0.404. The van der Waals surface area contributed by atoms with Gasteiger partial charge in [0.05, 0.1) is 17.2 Å². The zero-order valence-electron chi connectivity index (χ0n) is 19.4. The lowest BCUT2D eigenvalue weighted by atomic mass is 10.1. The zero-order chi connectivity index (χ0) is 25.1. The molecule has 2 amide bonds. The molecule has 1 atom stereocenters. The van der Waals surface area contributed by atoms with E-state index in [-0.39, 0.29) is 18.4 Å². The van der Waals surface area contributed by atoms with Crippen LogP contribution in [0.3, 0.4) is 0 Å². The summed E-state index contributed by atoms with van der Waals surface area (Å²) in [6.07, 6.45) is 1.79. The molecular formula is C30H21ClN2O3. The third-order valence-corrected chi connectivity index (χ3v) is 6.14. The number of amides is 2. The summed E-state index contributed by atoms with van der Waals surface area (Å²) in [6, 6.07) is 25.3. The van der Waals surface area contributed by atoms with Crippen LogP contribution in [0.2, 0.25) is 5.02 Å². The molecule has 3 aromatic carbocycles. The van der Waals surface area contributed by atoms with Crippen molar-refractivity contribution < 1.29 is 14.3 Å². The Balaban J connectivity index is 1.18. The molecule has 2 heterocycles. The SMILES string of the molecule is CC(COc1ccc(C#Cc2ccc(-c3ccc(Cl)cc3)cn2)cc1)N1C(=O)c2ccccc2C1=O. The van der Waals surface area contributed by atoms with Crippen LogP contribution in [0, 0.1) is 11.8 Å². The van der Waals surface area contributed by atoms with E-state index in [0.29, 0.717) is 27.6 Å². The van der Waals surface area contributed by atoms with Crippen LogP contribution in [0.15, 0.2) is 91.1 Å². The normalized spacial score (nSPS) is 13.1. The molecule has 176 valence electrons. The zero-order valence-corrected chi connectivity index (χ0v) is 20.2. The van der Waals surface area contributed by atoms with E-state index in [1.54, 1.807) is 37.4 Å². The summed E-state index contributed by atoms with van der Waals surface area (Å²) >= 11 is 5.95. The van der Waals surface area contributed by atoms with Gasteiger partial charge in [0.2, 0.25) is 0 Å². The van der Waals surface area contributed by atoms with Gasteiger partial charge in [-0.2, -0.15) is 0 Å². The highest BCUT2D eigenvalue weighted by Gasteiger charge is 2.38. The summed E-state index contributed by atoms with van der Waals surface area (Å²) in [5, 5.41) is 0.697. The van der Waals surface area contributed by atoms with Crippen LogP contribution in [0.1, 0.15) is 38.9 Å². The first kappa shape index (κ1) is 23.3. The van der Waals surface area contributed by atoms with Crippen molar-refractivity contribution in [3.8, 4) is 28.7 Å². The van der Waals surface area contributed by atoms with Gasteiger partial charge in [0.25, 0.3) is 11.8 Å². The van der Waals surface area contributed by atoms with Crippen LogP contribution in [-0.2, 0) is 0 Å². The summed E-state index contributed by atoms with van der Waals surface area (Å²) in [5.41, 5.74) is 4.40. The van der Waals surface area contributed by atoms with Gasteiger partial charge in [-0.15, -0.1) is 0 Å². The van der Waals surface area contributed by atoms with Crippen molar-refractivity contribution in [1.82, 2.24) is 9.88 Å². The first-order chi connectivity index (χ1) is 17.5. The van der Waals surface area contributed by atoms with Crippen LogP contribution < -0.4 is 4.74 Å². The maximum atomic E-state index is 12.6. The van der Waals surface area contributed by atoms with E-state index in [9.17, 15) is 9.59 Å². The number of imide groups is 1. The van der Waals surface area contributed by atoms with E-state index in [1.165, 1.54) is 4.90 Å². The Morgan fingerprint density at radius 2 is 1.47 bits per heavy atom. The Morgan fingerprint density at radius 1 is 0.833 bits per heavy atom. The molecule has 6 heteroatoms. The summed E-state index contributed by atoms with van der Waals surface area (Å²) in [7, 11) is 0. The topological polar surface area (TPSA) is 59.5 Å². The molecule has 1 aliphatic heterocycles. The van der Waals surface area contributed by atoms with Crippen molar-refractivity contribution in [3.05, 3.63) is 119 Å². The van der Waals surface area contributed by atoms with Gasteiger partial charge >= 0.3 is 0 Å². The van der Waals surface area contributed by atoms with Crippen LogP contribution in [0.25, 0.3) is 11.1 Å². The first-order valence-corrected chi connectivity index (χ1v) is 11.8. The molecule has 1 unspecified atom stereocenters. The van der Waals surface area contributed by atoms with Crippen molar-refractivity contribution in [3.63, 3.8) is 0 Å². The minimum absolute atomic E-state index is 0.195. The Kier molecular flexibility index (Phi) is 6.53. The van der Waals surface area contributed by atoms with Gasteiger partial charge in [-0.05, 0) is 73.0 Å². The lowest BCUT2D eigenvalue weighted by Gasteiger charge is -2.22. The molecule has 0 bridgehead atoms. The molecule has 5 nitrogen and oxygen atoms in total. The van der Waals surface area contributed by atoms with Gasteiger partial charge in [-0.1, -0.05) is 47.9 Å². The van der Waals surface area contributed by atoms with E-state index in [4.69, 9.17) is 16.3 Å². The predicted octanol–water partition coefficient (Wildman–Crippen LogP) is 5.87. The number of nitrogens with zero attached hydrogens (tertiary/aromatic N) is 2. The number of halogens is 1. The number of pyridine rings is 1. The molecule has 0 radical (unpaired) electrons. The Labute approximate surface area is 214 Å². The number of carbonyl (C=O) groups is 2. The van der Waals surface area contributed by atoms with Crippen LogP contribution >= 0.6 is 11.6 Å². The Hall–Kier alpha value is -4.40. The number of benzene rings is 3. The van der Waals surface area contributed by atoms with Crippen molar-refractivity contribution in [1.29, 1.82) is 0 Å². The number of fused-ring (bicyclic) bond motifs is 1. The second kappa shape index (κ2) is 10.1. The molecule has 0 fully saturated rings. The van der Waals surface area contributed by atoms with Gasteiger partial charge < -0.3 is 4.74 Å². The smallest absolute Gasteiger partial charge is 0.261 e. The molecule has 36 heavy (non-hydrogen) atoms.